The molecule has 0 unspecified atom stereocenters. The van der Waals surface area contributed by atoms with Gasteiger partial charge in [-0.1, -0.05) is 37.3 Å². The quantitative estimate of drug-likeness (QED) is 0.673. The molecule has 70 valence electrons. The fourth-order valence-electron chi connectivity index (χ4n) is 2.13. The molecule has 2 atom stereocenters. The number of ether oxygens (including phenoxy) is 1. The van der Waals surface area contributed by atoms with Crippen LogP contribution in [0.2, 0.25) is 0 Å². The molecule has 1 fully saturated rings. The predicted molar refractivity (Wildman–Crippen MR) is 53.8 cm³/mol. The first kappa shape index (κ1) is 8.76. The molecule has 2 rings (SSSR count). The Morgan fingerprint density at radius 2 is 2.08 bits per heavy atom. The van der Waals surface area contributed by atoms with Gasteiger partial charge in [0.05, 0.1) is 6.10 Å². The number of hydrogen-bond donors (Lipinski definition) is 0. The summed E-state index contributed by atoms with van der Waals surface area (Å²) in [5.41, 5.74) is 1.44. The molecule has 13 heavy (non-hydrogen) atoms. The van der Waals surface area contributed by atoms with E-state index in [-0.39, 0.29) is 0 Å². The highest BCUT2D eigenvalue weighted by molar-refractivity contribution is 5.21. The highest BCUT2D eigenvalue weighted by Gasteiger charge is 2.27. The summed E-state index contributed by atoms with van der Waals surface area (Å²) in [7, 11) is 0. The Balaban J connectivity index is 2.16. The maximum atomic E-state index is 5.67. The molecule has 0 N–H and O–H groups in total. The maximum absolute atomic E-state index is 5.67. The Hall–Kier alpha value is -0.820. The molecule has 0 bridgehead atoms. The molecule has 1 aromatic carbocycles. The summed E-state index contributed by atoms with van der Waals surface area (Å²) in [5, 5.41) is 0. The molecule has 0 amide bonds. The van der Waals surface area contributed by atoms with E-state index in [4.69, 9.17) is 4.74 Å². The van der Waals surface area contributed by atoms with Gasteiger partial charge in [-0.25, -0.2) is 0 Å². The zero-order valence-corrected chi connectivity index (χ0v) is 8.07. The summed E-state index contributed by atoms with van der Waals surface area (Å²) in [6.07, 6.45) is 2.75. The van der Waals surface area contributed by atoms with Gasteiger partial charge < -0.3 is 4.74 Å². The Kier molecular flexibility index (Phi) is 2.65. The van der Waals surface area contributed by atoms with E-state index in [1.165, 1.54) is 12.0 Å². The van der Waals surface area contributed by atoms with Crippen LogP contribution in [-0.2, 0) is 4.74 Å². The van der Waals surface area contributed by atoms with Crippen molar-refractivity contribution in [2.45, 2.75) is 31.8 Å². The van der Waals surface area contributed by atoms with Gasteiger partial charge in [-0.3, -0.25) is 0 Å². The van der Waals surface area contributed by atoms with Gasteiger partial charge in [0.2, 0.25) is 0 Å². The van der Waals surface area contributed by atoms with Crippen molar-refractivity contribution in [1.82, 2.24) is 0 Å². The zero-order valence-electron chi connectivity index (χ0n) is 8.07. The highest BCUT2D eigenvalue weighted by atomic mass is 16.5. The Bertz CT molecular complexity index is 255. The van der Waals surface area contributed by atoms with Crippen LogP contribution in [0.4, 0.5) is 0 Å². The topological polar surface area (TPSA) is 9.23 Å². The minimum atomic E-state index is 0.447. The van der Waals surface area contributed by atoms with Crippen molar-refractivity contribution in [2.24, 2.45) is 0 Å². The number of hydrogen-bond acceptors (Lipinski definition) is 1. The molecule has 1 heteroatoms. The Morgan fingerprint density at radius 3 is 2.77 bits per heavy atom. The first-order chi connectivity index (χ1) is 6.42. The second-order valence-electron chi connectivity index (χ2n) is 3.62. The third kappa shape index (κ3) is 1.75. The van der Waals surface area contributed by atoms with E-state index < -0.39 is 0 Å². The van der Waals surface area contributed by atoms with Crippen molar-refractivity contribution in [3.63, 3.8) is 0 Å². The van der Waals surface area contributed by atoms with Crippen LogP contribution in [0.1, 0.15) is 31.2 Å². The molecular formula is C12H16O. The third-order valence-corrected chi connectivity index (χ3v) is 2.84. The smallest absolute Gasteiger partial charge is 0.0641 e. The molecular weight excluding hydrogens is 160 g/mol. The summed E-state index contributed by atoms with van der Waals surface area (Å²) < 4.78 is 5.67. The lowest BCUT2D eigenvalue weighted by Crippen LogP contribution is -2.12. The summed E-state index contributed by atoms with van der Waals surface area (Å²) in [6.45, 7) is 3.13. The minimum Gasteiger partial charge on any atom is -0.378 e. The summed E-state index contributed by atoms with van der Waals surface area (Å²) in [5.74, 6) is 0.631. The molecule has 1 aromatic rings. The lowest BCUT2D eigenvalue weighted by molar-refractivity contribution is 0.101. The minimum absolute atomic E-state index is 0.447. The van der Waals surface area contributed by atoms with Gasteiger partial charge in [-0.2, -0.15) is 0 Å². The average Bonchev–Trinajstić information content (AvgIpc) is 2.67. The van der Waals surface area contributed by atoms with E-state index in [1.807, 2.05) is 0 Å². The first-order valence-corrected chi connectivity index (χ1v) is 5.08. The van der Waals surface area contributed by atoms with Gasteiger partial charge in [-0.15, -0.1) is 0 Å². The maximum Gasteiger partial charge on any atom is 0.0641 e. The monoisotopic (exact) mass is 176 g/mol. The van der Waals surface area contributed by atoms with E-state index in [0.717, 1.165) is 13.0 Å². The van der Waals surface area contributed by atoms with Gasteiger partial charge in [-0.05, 0) is 18.4 Å². The van der Waals surface area contributed by atoms with Gasteiger partial charge in [0, 0.05) is 12.5 Å². The average molecular weight is 176 g/mol. The molecule has 1 saturated heterocycles. The molecule has 0 saturated carbocycles. The van der Waals surface area contributed by atoms with Crippen LogP contribution in [0.3, 0.4) is 0 Å². The van der Waals surface area contributed by atoms with E-state index >= 15 is 0 Å². The fourth-order valence-corrected chi connectivity index (χ4v) is 2.13. The van der Waals surface area contributed by atoms with Gasteiger partial charge in [0.25, 0.3) is 0 Å². The summed E-state index contributed by atoms with van der Waals surface area (Å²) in [4.78, 5) is 0. The van der Waals surface area contributed by atoms with E-state index in [2.05, 4.69) is 37.3 Å². The summed E-state index contributed by atoms with van der Waals surface area (Å²) in [6, 6.07) is 10.7. The van der Waals surface area contributed by atoms with Crippen molar-refractivity contribution in [3.8, 4) is 0 Å². The van der Waals surface area contributed by atoms with E-state index in [9.17, 15) is 0 Å². The van der Waals surface area contributed by atoms with Gasteiger partial charge in [0.15, 0.2) is 0 Å². The zero-order chi connectivity index (χ0) is 9.10. The predicted octanol–water partition coefficient (Wildman–Crippen LogP) is 2.97. The van der Waals surface area contributed by atoms with Gasteiger partial charge in [0.1, 0.15) is 0 Å². The van der Waals surface area contributed by atoms with E-state index in [1.54, 1.807) is 0 Å². The normalized spacial score (nSPS) is 27.8. The number of benzene rings is 1. The Labute approximate surface area is 79.7 Å². The molecule has 0 aromatic heterocycles. The molecule has 0 radical (unpaired) electrons. The summed E-state index contributed by atoms with van der Waals surface area (Å²) >= 11 is 0. The Morgan fingerprint density at radius 1 is 1.31 bits per heavy atom. The van der Waals surface area contributed by atoms with Gasteiger partial charge >= 0.3 is 0 Å². The largest absolute Gasteiger partial charge is 0.378 e. The van der Waals surface area contributed by atoms with Crippen LogP contribution in [0.15, 0.2) is 30.3 Å². The molecule has 0 aliphatic carbocycles. The van der Waals surface area contributed by atoms with Crippen molar-refractivity contribution in [1.29, 1.82) is 0 Å². The highest BCUT2D eigenvalue weighted by Crippen LogP contribution is 2.32. The second-order valence-corrected chi connectivity index (χ2v) is 3.62. The fraction of sp³-hybridized carbons (Fsp3) is 0.500. The van der Waals surface area contributed by atoms with Crippen LogP contribution < -0.4 is 0 Å². The van der Waals surface area contributed by atoms with Crippen LogP contribution in [-0.4, -0.2) is 12.7 Å². The van der Waals surface area contributed by atoms with Crippen LogP contribution in [0.25, 0.3) is 0 Å². The van der Waals surface area contributed by atoms with Crippen molar-refractivity contribution < 1.29 is 4.74 Å². The molecule has 1 heterocycles. The second kappa shape index (κ2) is 3.93. The van der Waals surface area contributed by atoms with Crippen LogP contribution in [0.5, 0.6) is 0 Å². The number of rotatable bonds is 2. The SMILES string of the molecule is CC[C@H]1OCC[C@@H]1c1ccccc1. The molecule has 1 aliphatic rings. The molecule has 1 aliphatic heterocycles. The van der Waals surface area contributed by atoms with Crippen molar-refractivity contribution >= 4 is 0 Å². The third-order valence-electron chi connectivity index (χ3n) is 2.84. The first-order valence-electron chi connectivity index (χ1n) is 5.08. The lowest BCUT2D eigenvalue weighted by Gasteiger charge is -2.16. The molecule has 1 nitrogen and oxygen atoms in total. The van der Waals surface area contributed by atoms with Crippen LogP contribution >= 0.6 is 0 Å². The molecule has 0 spiro atoms. The van der Waals surface area contributed by atoms with E-state index in [0.29, 0.717) is 12.0 Å². The standard InChI is InChI=1S/C12H16O/c1-2-12-11(8-9-13-12)10-6-4-3-5-7-10/h3-7,11-12H,2,8-9H2,1H3/t11-,12-/m1/s1. The van der Waals surface area contributed by atoms with Crippen molar-refractivity contribution in [3.05, 3.63) is 35.9 Å². The van der Waals surface area contributed by atoms with Crippen LogP contribution in [0, 0.1) is 0 Å². The van der Waals surface area contributed by atoms with Crippen molar-refractivity contribution in [2.75, 3.05) is 6.61 Å². The lowest BCUT2D eigenvalue weighted by atomic mass is 9.91.